The molecule has 0 aliphatic rings. The molecule has 4 rings (SSSR count). The third kappa shape index (κ3) is 1.92. The number of benzene rings is 2. The summed E-state index contributed by atoms with van der Waals surface area (Å²) in [5.74, 6) is 4.77. The number of aromatic amines is 1. The number of amides is 1. The zero-order chi connectivity index (χ0) is 16.0. The minimum Gasteiger partial charge on any atom is -0.353 e. The number of fused-ring (bicyclic) bond motifs is 5. The summed E-state index contributed by atoms with van der Waals surface area (Å²) in [5.41, 5.74) is 4.35. The minimum atomic E-state index is -0.422. The fourth-order valence-electron chi connectivity index (χ4n) is 3.08. The number of carbonyl (C=O) groups excluding carboxylic acids is 1. The van der Waals surface area contributed by atoms with Gasteiger partial charge < -0.3 is 4.98 Å². The third-order valence-corrected chi connectivity index (χ3v) is 4.08. The molecule has 2 heterocycles. The van der Waals surface area contributed by atoms with Crippen molar-refractivity contribution in [3.8, 4) is 0 Å². The predicted molar refractivity (Wildman–Crippen MR) is 89.9 cm³/mol. The van der Waals surface area contributed by atoms with Crippen LogP contribution in [-0.4, -0.2) is 15.5 Å². The van der Waals surface area contributed by atoms with Crippen molar-refractivity contribution in [2.75, 3.05) is 0 Å². The van der Waals surface area contributed by atoms with Gasteiger partial charge in [0, 0.05) is 21.7 Å². The van der Waals surface area contributed by atoms with Crippen molar-refractivity contribution < 1.29 is 4.79 Å². The lowest BCUT2D eigenvalue weighted by atomic mass is 10.1. The Morgan fingerprint density at radius 1 is 1.04 bits per heavy atom. The number of hydrogen-bond acceptors (Lipinski definition) is 3. The summed E-state index contributed by atoms with van der Waals surface area (Å²) in [6, 6.07) is 15.1. The van der Waals surface area contributed by atoms with Gasteiger partial charge in [-0.05, 0) is 12.1 Å². The lowest BCUT2D eigenvalue weighted by Gasteiger charge is -2.10. The second kappa shape index (κ2) is 4.96. The molecule has 1 amide bonds. The molecule has 0 saturated heterocycles. The van der Waals surface area contributed by atoms with Crippen molar-refractivity contribution in [2.45, 2.75) is 6.54 Å². The minimum absolute atomic E-state index is 0.126. The summed E-state index contributed by atoms with van der Waals surface area (Å²) in [7, 11) is 0. The van der Waals surface area contributed by atoms with Crippen LogP contribution >= 0.6 is 0 Å². The lowest BCUT2D eigenvalue weighted by Crippen LogP contribution is -2.36. The maximum absolute atomic E-state index is 12.9. The van der Waals surface area contributed by atoms with E-state index >= 15 is 0 Å². The predicted octanol–water partition coefficient (Wildman–Crippen LogP) is 1.63. The second-order valence-electron chi connectivity index (χ2n) is 5.40. The lowest BCUT2D eigenvalue weighted by molar-refractivity contribution is -0.121. The topological polar surface area (TPSA) is 92.9 Å². The quantitative estimate of drug-likeness (QED) is 0.298. The number of hydrazine groups is 1. The first-order chi connectivity index (χ1) is 11.2. The molecular weight excluding hydrogens is 292 g/mol. The van der Waals surface area contributed by atoms with Gasteiger partial charge in [-0.15, -0.1) is 0 Å². The zero-order valence-corrected chi connectivity index (χ0v) is 12.2. The van der Waals surface area contributed by atoms with E-state index in [9.17, 15) is 9.59 Å². The summed E-state index contributed by atoms with van der Waals surface area (Å²) >= 11 is 0. The molecule has 2 aromatic carbocycles. The maximum Gasteiger partial charge on any atom is 0.259 e. The summed E-state index contributed by atoms with van der Waals surface area (Å²) in [5, 5.41) is 2.31. The maximum atomic E-state index is 12.9. The second-order valence-corrected chi connectivity index (χ2v) is 5.40. The van der Waals surface area contributed by atoms with Crippen molar-refractivity contribution in [1.29, 1.82) is 0 Å². The molecular formula is C17H14N4O2. The normalized spacial score (nSPS) is 11.3. The van der Waals surface area contributed by atoms with Gasteiger partial charge in [-0.2, -0.15) is 0 Å². The zero-order valence-electron chi connectivity index (χ0n) is 12.2. The molecule has 23 heavy (non-hydrogen) atoms. The van der Waals surface area contributed by atoms with Crippen LogP contribution in [0.15, 0.2) is 53.3 Å². The van der Waals surface area contributed by atoms with E-state index in [4.69, 9.17) is 5.84 Å². The summed E-state index contributed by atoms with van der Waals surface area (Å²) < 4.78 is 1.47. The van der Waals surface area contributed by atoms with Gasteiger partial charge >= 0.3 is 0 Å². The van der Waals surface area contributed by atoms with E-state index < -0.39 is 5.91 Å². The highest BCUT2D eigenvalue weighted by Crippen LogP contribution is 2.29. The molecule has 0 saturated carbocycles. The molecule has 0 aliphatic heterocycles. The molecule has 6 heteroatoms. The van der Waals surface area contributed by atoms with E-state index in [1.807, 2.05) is 42.5 Å². The number of H-pyrrole nitrogens is 1. The van der Waals surface area contributed by atoms with Crippen LogP contribution in [0.25, 0.3) is 32.7 Å². The van der Waals surface area contributed by atoms with E-state index in [2.05, 4.69) is 10.4 Å². The molecule has 6 nitrogen and oxygen atoms in total. The Bertz CT molecular complexity index is 1120. The molecule has 0 atom stereocenters. The van der Waals surface area contributed by atoms with Crippen molar-refractivity contribution in [2.24, 2.45) is 5.84 Å². The van der Waals surface area contributed by atoms with Gasteiger partial charge in [0.05, 0.1) is 11.0 Å². The average molecular weight is 306 g/mol. The SMILES string of the molecule is NNC(=O)Cn1c(=O)c2ccccc2c2[nH]c3ccccc3c21. The average Bonchev–Trinajstić information content (AvgIpc) is 2.98. The number of nitrogens with one attached hydrogen (secondary N) is 2. The van der Waals surface area contributed by atoms with E-state index in [0.29, 0.717) is 10.9 Å². The fourth-order valence-corrected chi connectivity index (χ4v) is 3.08. The van der Waals surface area contributed by atoms with Crippen LogP contribution in [0.2, 0.25) is 0 Å². The first kappa shape index (κ1) is 13.5. The van der Waals surface area contributed by atoms with Crippen molar-refractivity contribution >= 4 is 38.6 Å². The van der Waals surface area contributed by atoms with Crippen molar-refractivity contribution in [3.63, 3.8) is 0 Å². The molecule has 0 bridgehead atoms. The first-order valence-electron chi connectivity index (χ1n) is 7.22. The molecule has 0 aliphatic carbocycles. The molecule has 0 unspecified atom stereocenters. The molecule has 0 spiro atoms. The van der Waals surface area contributed by atoms with Crippen molar-refractivity contribution in [3.05, 3.63) is 58.9 Å². The number of hydrogen-bond donors (Lipinski definition) is 3. The Kier molecular flexibility index (Phi) is 2.92. The molecule has 4 aromatic rings. The Morgan fingerprint density at radius 3 is 2.43 bits per heavy atom. The highest BCUT2D eigenvalue weighted by molar-refractivity contribution is 6.15. The first-order valence-corrected chi connectivity index (χ1v) is 7.22. The van der Waals surface area contributed by atoms with Crippen LogP contribution < -0.4 is 16.8 Å². The number of para-hydroxylation sites is 1. The number of carbonyl (C=O) groups is 1. The monoisotopic (exact) mass is 306 g/mol. The van der Waals surface area contributed by atoms with Gasteiger partial charge in [-0.3, -0.25) is 19.6 Å². The van der Waals surface area contributed by atoms with Gasteiger partial charge in [0.15, 0.2) is 0 Å². The molecule has 4 N–H and O–H groups in total. The fraction of sp³-hybridized carbons (Fsp3) is 0.0588. The van der Waals surface area contributed by atoms with Gasteiger partial charge in [-0.25, -0.2) is 5.84 Å². The highest BCUT2D eigenvalue weighted by Gasteiger charge is 2.16. The number of rotatable bonds is 2. The Hall–Kier alpha value is -3.12. The van der Waals surface area contributed by atoms with Crippen molar-refractivity contribution in [1.82, 2.24) is 15.0 Å². The Labute approximate surface area is 130 Å². The molecule has 114 valence electrons. The number of nitrogens with two attached hydrogens (primary N) is 1. The highest BCUT2D eigenvalue weighted by atomic mass is 16.2. The van der Waals surface area contributed by atoms with E-state index in [-0.39, 0.29) is 12.1 Å². The van der Waals surface area contributed by atoms with E-state index in [0.717, 1.165) is 21.8 Å². The Balaban J connectivity index is 2.25. The number of pyridine rings is 1. The van der Waals surface area contributed by atoms with Gasteiger partial charge in [0.1, 0.15) is 6.54 Å². The van der Waals surface area contributed by atoms with Crippen LogP contribution in [0.1, 0.15) is 0 Å². The van der Waals surface area contributed by atoms with Crippen LogP contribution in [-0.2, 0) is 11.3 Å². The van der Waals surface area contributed by atoms with E-state index in [1.165, 1.54) is 4.57 Å². The molecule has 0 fully saturated rings. The number of nitrogens with zero attached hydrogens (tertiary/aromatic N) is 1. The Morgan fingerprint density at radius 2 is 1.70 bits per heavy atom. The van der Waals surface area contributed by atoms with Crippen LogP contribution in [0.5, 0.6) is 0 Å². The van der Waals surface area contributed by atoms with Gasteiger partial charge in [0.25, 0.3) is 11.5 Å². The largest absolute Gasteiger partial charge is 0.353 e. The van der Waals surface area contributed by atoms with Crippen LogP contribution in [0, 0.1) is 0 Å². The molecule has 0 radical (unpaired) electrons. The molecule has 2 aromatic heterocycles. The smallest absolute Gasteiger partial charge is 0.259 e. The summed E-state index contributed by atoms with van der Waals surface area (Å²) in [6.07, 6.45) is 0. The van der Waals surface area contributed by atoms with Gasteiger partial charge in [-0.1, -0.05) is 36.4 Å². The van der Waals surface area contributed by atoms with Crippen LogP contribution in [0.4, 0.5) is 0 Å². The standard InChI is InChI=1S/C17H14N4O2/c18-20-14(22)9-21-16-12-7-3-4-8-13(12)19-15(16)10-5-1-2-6-11(10)17(21)23/h1-8,19H,9,18H2,(H,20,22). The summed E-state index contributed by atoms with van der Waals surface area (Å²) in [4.78, 5) is 28.0. The number of aromatic nitrogens is 2. The van der Waals surface area contributed by atoms with Crippen LogP contribution in [0.3, 0.4) is 0 Å². The third-order valence-electron chi connectivity index (χ3n) is 4.08. The summed E-state index contributed by atoms with van der Waals surface area (Å²) in [6.45, 7) is -0.126. The van der Waals surface area contributed by atoms with E-state index in [1.54, 1.807) is 6.07 Å². The van der Waals surface area contributed by atoms with Gasteiger partial charge in [0.2, 0.25) is 0 Å².